The molecule has 4 N–H and O–H groups in total. The molecule has 96 valence electrons. The van der Waals surface area contributed by atoms with Gasteiger partial charge in [0.1, 0.15) is 11.6 Å². The number of hydrogen-bond donors (Lipinski definition) is 2. The molecule has 0 fully saturated rings. The molecule has 18 heavy (non-hydrogen) atoms. The van der Waals surface area contributed by atoms with Crippen molar-refractivity contribution in [1.82, 2.24) is 14.5 Å². The number of rotatable bonds is 3. The molecule has 0 aliphatic rings. The van der Waals surface area contributed by atoms with Gasteiger partial charge in [-0.15, -0.1) is 0 Å². The summed E-state index contributed by atoms with van der Waals surface area (Å²) >= 11 is 5.84. The highest BCUT2D eigenvalue weighted by atomic mass is 35.5. The molecular weight excluding hydrogens is 254 g/mol. The van der Waals surface area contributed by atoms with E-state index in [1.54, 1.807) is 10.6 Å². The molecule has 0 radical (unpaired) electrons. The highest BCUT2D eigenvalue weighted by Gasteiger charge is 2.26. The van der Waals surface area contributed by atoms with Crippen LogP contribution in [0.5, 0.6) is 0 Å². The Morgan fingerprint density at radius 3 is 2.72 bits per heavy atom. The summed E-state index contributed by atoms with van der Waals surface area (Å²) in [5.74, 6) is -0.273. The fraction of sp³-hybridized carbons (Fsp3) is 0.364. The van der Waals surface area contributed by atoms with Crippen LogP contribution in [0.25, 0.3) is 11.2 Å². The summed E-state index contributed by atoms with van der Waals surface area (Å²) in [5, 5.41) is 0.465. The number of nitrogens with two attached hydrogens (primary N) is 2. The summed E-state index contributed by atoms with van der Waals surface area (Å²) in [6.45, 7) is 3.77. The van der Waals surface area contributed by atoms with E-state index in [9.17, 15) is 4.79 Å². The van der Waals surface area contributed by atoms with E-state index in [1.165, 1.54) is 6.20 Å². The second kappa shape index (κ2) is 4.45. The number of aromatic nitrogens is 3. The van der Waals surface area contributed by atoms with Crippen molar-refractivity contribution in [2.45, 2.75) is 19.9 Å². The predicted octanol–water partition coefficient (Wildman–Crippen LogP) is 1.35. The van der Waals surface area contributed by atoms with E-state index < -0.39 is 11.9 Å². The number of nitrogen functional groups attached to an aromatic ring is 1. The third-order valence-corrected chi connectivity index (χ3v) is 2.93. The normalized spacial score (nSPS) is 13.1. The third-order valence-electron chi connectivity index (χ3n) is 2.73. The standard InChI is InChI=1S/C11H14ClN5O/c1-5(2)8(9(13)18)17-10-7(16-11(17)14)3-6(12)4-15-10/h3-5,8H,1-2H3,(H2,13,18)(H2,14,16). The lowest BCUT2D eigenvalue weighted by atomic mass is 10.0. The van der Waals surface area contributed by atoms with Gasteiger partial charge in [-0.1, -0.05) is 25.4 Å². The van der Waals surface area contributed by atoms with Gasteiger partial charge in [-0.05, 0) is 12.0 Å². The van der Waals surface area contributed by atoms with Crippen molar-refractivity contribution in [3.8, 4) is 0 Å². The molecule has 7 heteroatoms. The molecule has 0 aromatic carbocycles. The van der Waals surface area contributed by atoms with E-state index in [1.807, 2.05) is 13.8 Å². The molecule has 0 saturated carbocycles. The Hall–Kier alpha value is -1.82. The molecule has 0 bridgehead atoms. The van der Waals surface area contributed by atoms with Gasteiger partial charge in [-0.2, -0.15) is 0 Å². The second-order valence-corrected chi connectivity index (χ2v) is 4.86. The molecule has 2 aromatic heterocycles. The Morgan fingerprint density at radius 2 is 2.17 bits per heavy atom. The number of amides is 1. The van der Waals surface area contributed by atoms with E-state index in [0.717, 1.165) is 0 Å². The summed E-state index contributed by atoms with van der Waals surface area (Å²) < 4.78 is 1.55. The maximum atomic E-state index is 11.6. The average Bonchev–Trinajstić information content (AvgIpc) is 2.54. The first-order valence-corrected chi connectivity index (χ1v) is 5.88. The van der Waals surface area contributed by atoms with Crippen LogP contribution in [0.15, 0.2) is 12.3 Å². The van der Waals surface area contributed by atoms with Gasteiger partial charge in [0.2, 0.25) is 11.9 Å². The molecule has 1 amide bonds. The number of imidazole rings is 1. The molecule has 0 aliphatic carbocycles. The van der Waals surface area contributed by atoms with Crippen molar-refractivity contribution in [1.29, 1.82) is 0 Å². The van der Waals surface area contributed by atoms with Crippen LogP contribution in [-0.2, 0) is 4.79 Å². The number of hydrogen-bond acceptors (Lipinski definition) is 4. The van der Waals surface area contributed by atoms with E-state index in [0.29, 0.717) is 16.2 Å². The van der Waals surface area contributed by atoms with Gasteiger partial charge in [0.15, 0.2) is 5.65 Å². The van der Waals surface area contributed by atoms with Crippen LogP contribution in [0.4, 0.5) is 5.95 Å². The van der Waals surface area contributed by atoms with Crippen molar-refractivity contribution in [3.05, 3.63) is 17.3 Å². The number of fused-ring (bicyclic) bond motifs is 1. The number of anilines is 1. The van der Waals surface area contributed by atoms with Crippen molar-refractivity contribution in [3.63, 3.8) is 0 Å². The minimum absolute atomic E-state index is 0.0142. The third kappa shape index (κ3) is 1.99. The fourth-order valence-corrected chi connectivity index (χ4v) is 2.16. The number of primary amides is 1. The van der Waals surface area contributed by atoms with Crippen molar-refractivity contribution in [2.24, 2.45) is 11.7 Å². The molecule has 0 aliphatic heterocycles. The van der Waals surface area contributed by atoms with Gasteiger partial charge in [0, 0.05) is 6.20 Å². The molecule has 0 saturated heterocycles. The molecule has 1 unspecified atom stereocenters. The van der Waals surface area contributed by atoms with Crippen LogP contribution in [0.2, 0.25) is 5.02 Å². The van der Waals surface area contributed by atoms with Gasteiger partial charge in [-0.25, -0.2) is 9.97 Å². The first-order valence-electron chi connectivity index (χ1n) is 5.50. The smallest absolute Gasteiger partial charge is 0.240 e. The van der Waals surface area contributed by atoms with Crippen molar-refractivity contribution >= 4 is 34.6 Å². The van der Waals surface area contributed by atoms with Gasteiger partial charge in [0.05, 0.1) is 5.02 Å². The van der Waals surface area contributed by atoms with E-state index in [2.05, 4.69) is 9.97 Å². The molecule has 2 rings (SSSR count). The summed E-state index contributed by atoms with van der Waals surface area (Å²) in [6.07, 6.45) is 1.49. The molecule has 2 aromatic rings. The topological polar surface area (TPSA) is 99.8 Å². The number of pyridine rings is 1. The maximum Gasteiger partial charge on any atom is 0.240 e. The first kappa shape index (κ1) is 12.6. The summed E-state index contributed by atoms with van der Waals surface area (Å²) in [7, 11) is 0. The van der Waals surface area contributed by atoms with Crippen LogP contribution in [0.1, 0.15) is 19.9 Å². The second-order valence-electron chi connectivity index (χ2n) is 4.43. The number of carbonyl (C=O) groups is 1. The Balaban J connectivity index is 2.69. The van der Waals surface area contributed by atoms with Crippen LogP contribution in [-0.4, -0.2) is 20.4 Å². The first-order chi connectivity index (χ1) is 8.41. The Bertz CT molecular complexity index is 607. The molecule has 1 atom stereocenters. The van der Waals surface area contributed by atoms with Crippen LogP contribution >= 0.6 is 11.6 Å². The molecule has 2 heterocycles. The number of carbonyl (C=O) groups excluding carboxylic acids is 1. The largest absolute Gasteiger partial charge is 0.369 e. The van der Waals surface area contributed by atoms with Gasteiger partial charge in [-0.3, -0.25) is 9.36 Å². The lowest BCUT2D eigenvalue weighted by molar-refractivity contribution is -0.122. The zero-order valence-electron chi connectivity index (χ0n) is 10.1. The zero-order chi connectivity index (χ0) is 13.4. The van der Waals surface area contributed by atoms with Crippen molar-refractivity contribution in [2.75, 3.05) is 5.73 Å². The van der Waals surface area contributed by atoms with E-state index in [-0.39, 0.29) is 11.9 Å². The fourth-order valence-electron chi connectivity index (χ4n) is 2.00. The number of halogens is 1. The van der Waals surface area contributed by atoms with Crippen LogP contribution in [0, 0.1) is 5.92 Å². The Morgan fingerprint density at radius 1 is 1.50 bits per heavy atom. The molecule has 6 nitrogen and oxygen atoms in total. The predicted molar refractivity (Wildman–Crippen MR) is 70.0 cm³/mol. The van der Waals surface area contributed by atoms with Crippen molar-refractivity contribution < 1.29 is 4.79 Å². The van der Waals surface area contributed by atoms with Gasteiger partial charge < -0.3 is 11.5 Å². The van der Waals surface area contributed by atoms with Gasteiger partial charge >= 0.3 is 0 Å². The van der Waals surface area contributed by atoms with E-state index >= 15 is 0 Å². The minimum Gasteiger partial charge on any atom is -0.369 e. The summed E-state index contributed by atoms with van der Waals surface area (Å²) in [5.41, 5.74) is 12.3. The lowest BCUT2D eigenvalue weighted by Crippen LogP contribution is -2.31. The quantitative estimate of drug-likeness (QED) is 0.877. The van der Waals surface area contributed by atoms with E-state index in [4.69, 9.17) is 23.1 Å². The Kier molecular flexibility index (Phi) is 3.13. The van der Waals surface area contributed by atoms with Crippen LogP contribution < -0.4 is 11.5 Å². The molecular formula is C11H14ClN5O. The summed E-state index contributed by atoms with van der Waals surface area (Å²) in [4.78, 5) is 19.9. The highest BCUT2D eigenvalue weighted by molar-refractivity contribution is 6.31. The SMILES string of the molecule is CC(C)C(C(N)=O)n1c(N)nc2cc(Cl)cnc21. The summed E-state index contributed by atoms with van der Waals surface area (Å²) in [6, 6.07) is 1.07. The van der Waals surface area contributed by atoms with Gasteiger partial charge in [0.25, 0.3) is 0 Å². The zero-order valence-corrected chi connectivity index (χ0v) is 10.8. The minimum atomic E-state index is -0.580. The number of nitrogens with zero attached hydrogens (tertiary/aromatic N) is 3. The maximum absolute atomic E-state index is 11.6. The van der Waals surface area contributed by atoms with Crippen LogP contribution in [0.3, 0.4) is 0 Å². The molecule has 0 spiro atoms. The highest BCUT2D eigenvalue weighted by Crippen LogP contribution is 2.27. The Labute approximate surface area is 109 Å². The lowest BCUT2D eigenvalue weighted by Gasteiger charge is -2.20. The monoisotopic (exact) mass is 267 g/mol. The average molecular weight is 268 g/mol.